The van der Waals surface area contributed by atoms with Crippen LogP contribution in [0.25, 0.3) is 0 Å². The average Bonchev–Trinajstić information content (AvgIpc) is 2.46. The molecule has 0 unspecified atom stereocenters. The lowest BCUT2D eigenvalue weighted by molar-refractivity contribution is 0.0406. The van der Waals surface area contributed by atoms with Crippen LogP contribution in [0.2, 0.25) is 5.02 Å². The van der Waals surface area contributed by atoms with Crippen molar-refractivity contribution in [3.63, 3.8) is 0 Å². The van der Waals surface area contributed by atoms with Crippen LogP contribution in [0.4, 0.5) is 0 Å². The number of carbonyl (C=O) groups excluding carboxylic acids is 1. The van der Waals surface area contributed by atoms with E-state index < -0.39 is 0 Å². The molecule has 4 heteroatoms. The summed E-state index contributed by atoms with van der Waals surface area (Å²) >= 11 is 5.81. The minimum Gasteiger partial charge on any atom is -0.381 e. The number of ether oxygens (including phenoxy) is 1. The van der Waals surface area contributed by atoms with Gasteiger partial charge in [0.2, 0.25) is 0 Å². The fourth-order valence-electron chi connectivity index (χ4n) is 2.41. The fourth-order valence-corrected chi connectivity index (χ4v) is 2.53. The van der Waals surface area contributed by atoms with Gasteiger partial charge in [-0.3, -0.25) is 4.79 Å². The molecule has 104 valence electrons. The van der Waals surface area contributed by atoms with Gasteiger partial charge in [-0.05, 0) is 37.1 Å². The second kappa shape index (κ2) is 7.04. The standard InChI is InChI=1S/C15H20ClNO2/c1-19-14-6-9-17(10-7-14)11-8-15(18)12-2-4-13(16)5-3-12/h2-5,14H,6-11H2,1H3. The van der Waals surface area contributed by atoms with Crippen molar-refractivity contribution in [1.29, 1.82) is 0 Å². The lowest BCUT2D eigenvalue weighted by atomic mass is 10.1. The number of Topliss-reactive ketones (excluding diaryl/α,β-unsaturated/α-hetero) is 1. The van der Waals surface area contributed by atoms with Crippen LogP contribution in [0, 0.1) is 0 Å². The van der Waals surface area contributed by atoms with Crippen molar-refractivity contribution in [2.45, 2.75) is 25.4 Å². The number of piperidine rings is 1. The zero-order chi connectivity index (χ0) is 13.7. The Morgan fingerprint density at radius 2 is 1.95 bits per heavy atom. The molecule has 1 aliphatic heterocycles. The number of hydrogen-bond acceptors (Lipinski definition) is 3. The molecule has 0 amide bonds. The van der Waals surface area contributed by atoms with E-state index >= 15 is 0 Å². The lowest BCUT2D eigenvalue weighted by Gasteiger charge is -2.30. The summed E-state index contributed by atoms with van der Waals surface area (Å²) in [7, 11) is 1.77. The minimum absolute atomic E-state index is 0.186. The smallest absolute Gasteiger partial charge is 0.164 e. The number of rotatable bonds is 5. The largest absolute Gasteiger partial charge is 0.381 e. The van der Waals surface area contributed by atoms with Gasteiger partial charge in [0, 0.05) is 43.8 Å². The molecule has 3 nitrogen and oxygen atoms in total. The van der Waals surface area contributed by atoms with E-state index in [0.29, 0.717) is 17.5 Å². The summed E-state index contributed by atoms with van der Waals surface area (Å²) in [6.07, 6.45) is 3.08. The van der Waals surface area contributed by atoms with Crippen molar-refractivity contribution >= 4 is 17.4 Å². The monoisotopic (exact) mass is 281 g/mol. The Kier molecular flexibility index (Phi) is 5.37. The predicted molar refractivity (Wildman–Crippen MR) is 76.9 cm³/mol. The van der Waals surface area contributed by atoms with Gasteiger partial charge in [0.1, 0.15) is 0 Å². The van der Waals surface area contributed by atoms with Gasteiger partial charge in [-0.25, -0.2) is 0 Å². The van der Waals surface area contributed by atoms with Crippen molar-refractivity contribution in [2.75, 3.05) is 26.7 Å². The Balaban J connectivity index is 1.76. The van der Waals surface area contributed by atoms with E-state index in [2.05, 4.69) is 4.90 Å². The Morgan fingerprint density at radius 1 is 1.32 bits per heavy atom. The molecule has 0 aromatic heterocycles. The number of hydrogen-bond donors (Lipinski definition) is 0. The van der Waals surface area contributed by atoms with Crippen molar-refractivity contribution in [3.8, 4) is 0 Å². The first-order chi connectivity index (χ1) is 9.19. The van der Waals surface area contributed by atoms with Gasteiger partial charge < -0.3 is 9.64 Å². The quantitative estimate of drug-likeness (QED) is 0.777. The van der Waals surface area contributed by atoms with E-state index in [1.807, 2.05) is 0 Å². The van der Waals surface area contributed by atoms with E-state index in [1.54, 1.807) is 31.4 Å². The summed E-state index contributed by atoms with van der Waals surface area (Å²) < 4.78 is 5.34. The van der Waals surface area contributed by atoms with Gasteiger partial charge in [-0.15, -0.1) is 0 Å². The van der Waals surface area contributed by atoms with Crippen LogP contribution in [0.1, 0.15) is 29.6 Å². The highest BCUT2D eigenvalue weighted by Crippen LogP contribution is 2.15. The number of carbonyl (C=O) groups is 1. The normalized spacial score (nSPS) is 17.6. The highest BCUT2D eigenvalue weighted by molar-refractivity contribution is 6.30. The molecular formula is C15H20ClNO2. The first-order valence-electron chi connectivity index (χ1n) is 6.73. The maximum absolute atomic E-state index is 12.0. The van der Waals surface area contributed by atoms with Crippen LogP contribution in [0.5, 0.6) is 0 Å². The summed E-state index contributed by atoms with van der Waals surface area (Å²) in [5.41, 5.74) is 0.746. The molecule has 1 aromatic carbocycles. The molecule has 1 aromatic rings. The van der Waals surface area contributed by atoms with E-state index in [4.69, 9.17) is 16.3 Å². The molecule has 1 heterocycles. The van der Waals surface area contributed by atoms with Crippen LogP contribution >= 0.6 is 11.6 Å². The van der Waals surface area contributed by atoms with Crippen LogP contribution < -0.4 is 0 Å². The third-order valence-electron chi connectivity index (χ3n) is 3.69. The number of benzene rings is 1. The number of nitrogens with zero attached hydrogens (tertiary/aromatic N) is 1. The number of methoxy groups -OCH3 is 1. The molecule has 19 heavy (non-hydrogen) atoms. The maximum atomic E-state index is 12.0. The van der Waals surface area contributed by atoms with E-state index in [9.17, 15) is 4.79 Å². The van der Waals surface area contributed by atoms with Crippen LogP contribution in [0.3, 0.4) is 0 Å². The summed E-state index contributed by atoms with van der Waals surface area (Å²) in [4.78, 5) is 14.4. The van der Waals surface area contributed by atoms with E-state index in [1.165, 1.54) is 0 Å². The first-order valence-corrected chi connectivity index (χ1v) is 7.11. The zero-order valence-corrected chi connectivity index (χ0v) is 12.0. The van der Waals surface area contributed by atoms with E-state index in [-0.39, 0.29) is 5.78 Å². The van der Waals surface area contributed by atoms with Crippen molar-refractivity contribution < 1.29 is 9.53 Å². The predicted octanol–water partition coefficient (Wildman–Crippen LogP) is 3.02. The highest BCUT2D eigenvalue weighted by atomic mass is 35.5. The summed E-state index contributed by atoms with van der Waals surface area (Å²) in [6.45, 7) is 2.87. The van der Waals surface area contributed by atoms with Crippen LogP contribution in [-0.2, 0) is 4.74 Å². The minimum atomic E-state index is 0.186. The van der Waals surface area contributed by atoms with Crippen molar-refractivity contribution in [1.82, 2.24) is 4.90 Å². The molecule has 0 N–H and O–H groups in total. The summed E-state index contributed by atoms with van der Waals surface area (Å²) in [5.74, 6) is 0.186. The molecule has 0 bridgehead atoms. The molecule has 0 radical (unpaired) electrons. The number of likely N-dealkylation sites (tertiary alicyclic amines) is 1. The number of ketones is 1. The van der Waals surface area contributed by atoms with Gasteiger partial charge in [0.15, 0.2) is 5.78 Å². The first kappa shape index (κ1) is 14.5. The topological polar surface area (TPSA) is 29.5 Å². The molecule has 2 rings (SSSR count). The third-order valence-corrected chi connectivity index (χ3v) is 3.94. The van der Waals surface area contributed by atoms with E-state index in [0.717, 1.165) is 38.0 Å². The Hall–Kier alpha value is -0.900. The zero-order valence-electron chi connectivity index (χ0n) is 11.3. The molecule has 1 fully saturated rings. The Labute approximate surface area is 119 Å². The lowest BCUT2D eigenvalue weighted by Crippen LogP contribution is -2.37. The second-order valence-electron chi connectivity index (χ2n) is 4.96. The SMILES string of the molecule is COC1CCN(CCC(=O)c2ccc(Cl)cc2)CC1. The third kappa shape index (κ3) is 4.30. The summed E-state index contributed by atoms with van der Waals surface area (Å²) in [6, 6.07) is 7.11. The fraction of sp³-hybridized carbons (Fsp3) is 0.533. The maximum Gasteiger partial charge on any atom is 0.164 e. The average molecular weight is 282 g/mol. The number of halogens is 1. The van der Waals surface area contributed by atoms with Gasteiger partial charge in [-0.2, -0.15) is 0 Å². The molecule has 0 saturated carbocycles. The van der Waals surface area contributed by atoms with Crippen molar-refractivity contribution in [3.05, 3.63) is 34.9 Å². The second-order valence-corrected chi connectivity index (χ2v) is 5.39. The Morgan fingerprint density at radius 3 is 2.53 bits per heavy atom. The molecule has 0 spiro atoms. The van der Waals surface area contributed by atoms with Gasteiger partial charge in [-0.1, -0.05) is 11.6 Å². The molecule has 1 saturated heterocycles. The van der Waals surface area contributed by atoms with Gasteiger partial charge in [0.05, 0.1) is 6.10 Å². The van der Waals surface area contributed by atoms with Crippen LogP contribution in [-0.4, -0.2) is 43.5 Å². The molecule has 0 atom stereocenters. The molecule has 0 aliphatic carbocycles. The highest BCUT2D eigenvalue weighted by Gasteiger charge is 2.19. The van der Waals surface area contributed by atoms with Gasteiger partial charge in [0.25, 0.3) is 0 Å². The summed E-state index contributed by atoms with van der Waals surface area (Å²) in [5, 5.41) is 0.665. The molecular weight excluding hydrogens is 262 g/mol. The molecule has 1 aliphatic rings. The van der Waals surface area contributed by atoms with Crippen LogP contribution in [0.15, 0.2) is 24.3 Å². The van der Waals surface area contributed by atoms with Gasteiger partial charge >= 0.3 is 0 Å². The van der Waals surface area contributed by atoms with Crippen molar-refractivity contribution in [2.24, 2.45) is 0 Å². The Bertz CT molecular complexity index is 411.